The van der Waals surface area contributed by atoms with Gasteiger partial charge in [0.1, 0.15) is 0 Å². The Labute approximate surface area is 115 Å². The molecular formula is C12H14ClN5O. The summed E-state index contributed by atoms with van der Waals surface area (Å²) < 4.78 is 0. The summed E-state index contributed by atoms with van der Waals surface area (Å²) in [6, 6.07) is 7.45. The van der Waals surface area contributed by atoms with E-state index >= 15 is 0 Å². The molecule has 100 valence electrons. The fourth-order valence-corrected chi connectivity index (χ4v) is 1.82. The zero-order valence-corrected chi connectivity index (χ0v) is 11.3. The quantitative estimate of drug-likeness (QED) is 0.899. The van der Waals surface area contributed by atoms with Crippen LogP contribution in [0.15, 0.2) is 24.3 Å². The highest BCUT2D eigenvalue weighted by molar-refractivity contribution is 6.30. The van der Waals surface area contributed by atoms with E-state index in [0.717, 1.165) is 5.56 Å². The number of amides is 1. The van der Waals surface area contributed by atoms with E-state index in [1.54, 1.807) is 4.90 Å². The number of aromatic amines is 1. The van der Waals surface area contributed by atoms with Crippen LogP contribution < -0.4 is 0 Å². The van der Waals surface area contributed by atoms with E-state index in [1.807, 2.05) is 31.2 Å². The number of carbonyl (C=O) groups is 1. The number of benzene rings is 1. The topological polar surface area (TPSA) is 74.8 Å². The third kappa shape index (κ3) is 3.75. The Morgan fingerprint density at radius 1 is 1.37 bits per heavy atom. The van der Waals surface area contributed by atoms with E-state index in [0.29, 0.717) is 23.9 Å². The van der Waals surface area contributed by atoms with Gasteiger partial charge in [0.15, 0.2) is 5.82 Å². The van der Waals surface area contributed by atoms with Crippen LogP contribution in [0.25, 0.3) is 0 Å². The van der Waals surface area contributed by atoms with Crippen molar-refractivity contribution in [1.82, 2.24) is 25.5 Å². The van der Waals surface area contributed by atoms with Crippen molar-refractivity contribution < 1.29 is 4.79 Å². The molecule has 1 heterocycles. The lowest BCUT2D eigenvalue weighted by atomic mass is 10.2. The van der Waals surface area contributed by atoms with E-state index in [1.165, 1.54) is 0 Å². The summed E-state index contributed by atoms with van der Waals surface area (Å²) in [5, 5.41) is 14.0. The third-order valence-electron chi connectivity index (χ3n) is 2.72. The van der Waals surface area contributed by atoms with Gasteiger partial charge in [-0.05, 0) is 24.6 Å². The van der Waals surface area contributed by atoms with Crippen LogP contribution in [0.3, 0.4) is 0 Å². The van der Waals surface area contributed by atoms with E-state index < -0.39 is 0 Å². The lowest BCUT2D eigenvalue weighted by Gasteiger charge is -2.20. The van der Waals surface area contributed by atoms with Crippen molar-refractivity contribution in [3.05, 3.63) is 40.7 Å². The lowest BCUT2D eigenvalue weighted by molar-refractivity contribution is -0.131. The van der Waals surface area contributed by atoms with Gasteiger partial charge in [-0.25, -0.2) is 0 Å². The van der Waals surface area contributed by atoms with E-state index in [-0.39, 0.29) is 12.3 Å². The number of tetrazole rings is 1. The Hall–Kier alpha value is -1.95. The maximum atomic E-state index is 12.1. The molecule has 19 heavy (non-hydrogen) atoms. The molecule has 0 bridgehead atoms. The van der Waals surface area contributed by atoms with Crippen molar-refractivity contribution in [3.63, 3.8) is 0 Å². The molecule has 2 rings (SSSR count). The van der Waals surface area contributed by atoms with Crippen LogP contribution in [0.1, 0.15) is 18.3 Å². The summed E-state index contributed by atoms with van der Waals surface area (Å²) >= 11 is 5.83. The number of rotatable bonds is 5. The van der Waals surface area contributed by atoms with Crippen molar-refractivity contribution in [2.45, 2.75) is 19.9 Å². The highest BCUT2D eigenvalue weighted by Crippen LogP contribution is 2.12. The molecule has 0 aliphatic carbocycles. The summed E-state index contributed by atoms with van der Waals surface area (Å²) in [5.41, 5.74) is 1.03. The number of aromatic nitrogens is 4. The van der Waals surface area contributed by atoms with Crippen molar-refractivity contribution in [2.75, 3.05) is 6.54 Å². The number of hydrogen-bond donors (Lipinski definition) is 1. The van der Waals surface area contributed by atoms with Crippen LogP contribution in [0.2, 0.25) is 5.02 Å². The van der Waals surface area contributed by atoms with Gasteiger partial charge in [-0.15, -0.1) is 10.2 Å². The lowest BCUT2D eigenvalue weighted by Crippen LogP contribution is -2.31. The highest BCUT2D eigenvalue weighted by Gasteiger charge is 2.15. The predicted octanol–water partition coefficient (Wildman–Crippen LogP) is 1.44. The molecule has 2 aromatic rings. The average Bonchev–Trinajstić information content (AvgIpc) is 2.90. The fraction of sp³-hybridized carbons (Fsp3) is 0.333. The van der Waals surface area contributed by atoms with Gasteiger partial charge in [0.25, 0.3) is 0 Å². The molecule has 0 radical (unpaired) electrons. The maximum absolute atomic E-state index is 12.1. The first kappa shape index (κ1) is 13.5. The van der Waals surface area contributed by atoms with E-state index in [4.69, 9.17) is 11.6 Å². The van der Waals surface area contributed by atoms with Gasteiger partial charge in [0, 0.05) is 18.1 Å². The molecule has 7 heteroatoms. The summed E-state index contributed by atoms with van der Waals surface area (Å²) in [6.07, 6.45) is 0.151. The molecule has 0 unspecified atom stereocenters. The summed E-state index contributed by atoms with van der Waals surface area (Å²) in [7, 11) is 0. The van der Waals surface area contributed by atoms with Crippen LogP contribution in [-0.2, 0) is 17.8 Å². The normalized spacial score (nSPS) is 10.4. The average molecular weight is 280 g/mol. The van der Waals surface area contributed by atoms with Crippen molar-refractivity contribution in [3.8, 4) is 0 Å². The van der Waals surface area contributed by atoms with Crippen molar-refractivity contribution >= 4 is 17.5 Å². The molecule has 6 nitrogen and oxygen atoms in total. The Bertz CT molecular complexity index is 526. The molecule has 0 atom stereocenters. The molecule has 0 aliphatic rings. The number of hydrogen-bond acceptors (Lipinski definition) is 4. The van der Waals surface area contributed by atoms with Gasteiger partial charge in [-0.1, -0.05) is 28.9 Å². The summed E-state index contributed by atoms with van der Waals surface area (Å²) in [5.74, 6) is 0.374. The molecule has 1 aromatic carbocycles. The maximum Gasteiger partial charge on any atom is 0.230 e. The van der Waals surface area contributed by atoms with Gasteiger partial charge in [0.2, 0.25) is 5.91 Å². The SMILES string of the molecule is CCN(Cc1ccc(Cl)cc1)C(=O)Cc1nn[nH]n1. The number of likely N-dealkylation sites (N-methyl/N-ethyl adjacent to an activating group) is 1. The molecule has 0 spiro atoms. The highest BCUT2D eigenvalue weighted by atomic mass is 35.5. The largest absolute Gasteiger partial charge is 0.338 e. The molecule has 1 aromatic heterocycles. The number of carbonyl (C=O) groups excluding carboxylic acids is 1. The van der Waals surface area contributed by atoms with Gasteiger partial charge in [-0.2, -0.15) is 5.21 Å². The van der Waals surface area contributed by atoms with E-state index in [9.17, 15) is 4.79 Å². The van der Waals surface area contributed by atoms with Crippen LogP contribution in [0.5, 0.6) is 0 Å². The van der Waals surface area contributed by atoms with Gasteiger partial charge < -0.3 is 4.90 Å². The number of nitrogens with zero attached hydrogens (tertiary/aromatic N) is 4. The molecule has 0 saturated carbocycles. The minimum absolute atomic E-state index is 0.0288. The Morgan fingerprint density at radius 2 is 2.11 bits per heavy atom. The first-order valence-electron chi connectivity index (χ1n) is 5.93. The smallest absolute Gasteiger partial charge is 0.230 e. The second kappa shape index (κ2) is 6.29. The first-order chi connectivity index (χ1) is 9.19. The van der Waals surface area contributed by atoms with Crippen LogP contribution in [0, 0.1) is 0 Å². The summed E-state index contributed by atoms with van der Waals surface area (Å²) in [6.45, 7) is 3.10. The molecule has 1 amide bonds. The van der Waals surface area contributed by atoms with Crippen LogP contribution in [0.4, 0.5) is 0 Å². The van der Waals surface area contributed by atoms with Crippen LogP contribution in [-0.4, -0.2) is 38.0 Å². The Kier molecular flexibility index (Phi) is 4.46. The van der Waals surface area contributed by atoms with Gasteiger partial charge in [-0.3, -0.25) is 4.79 Å². The molecular weight excluding hydrogens is 266 g/mol. The molecule has 1 N–H and O–H groups in total. The molecule has 0 saturated heterocycles. The minimum atomic E-state index is -0.0288. The molecule has 0 fully saturated rings. The number of nitrogens with one attached hydrogen (secondary N) is 1. The van der Waals surface area contributed by atoms with Gasteiger partial charge >= 0.3 is 0 Å². The number of H-pyrrole nitrogens is 1. The minimum Gasteiger partial charge on any atom is -0.338 e. The van der Waals surface area contributed by atoms with Gasteiger partial charge in [0.05, 0.1) is 6.42 Å². The van der Waals surface area contributed by atoms with E-state index in [2.05, 4.69) is 20.6 Å². The van der Waals surface area contributed by atoms with Crippen molar-refractivity contribution in [2.24, 2.45) is 0 Å². The Balaban J connectivity index is 1.99. The van der Waals surface area contributed by atoms with Crippen LogP contribution >= 0.6 is 11.6 Å². The second-order valence-corrected chi connectivity index (χ2v) is 4.48. The second-order valence-electron chi connectivity index (χ2n) is 4.04. The predicted molar refractivity (Wildman–Crippen MR) is 70.4 cm³/mol. The number of halogens is 1. The standard InChI is InChI=1S/C12H14ClN5O/c1-2-18(8-9-3-5-10(13)6-4-9)12(19)7-11-14-16-17-15-11/h3-6H,2,7-8H2,1H3,(H,14,15,16,17). The monoisotopic (exact) mass is 279 g/mol. The fourth-order valence-electron chi connectivity index (χ4n) is 1.69. The summed E-state index contributed by atoms with van der Waals surface area (Å²) in [4.78, 5) is 13.8. The van der Waals surface area contributed by atoms with Crippen molar-refractivity contribution in [1.29, 1.82) is 0 Å². The third-order valence-corrected chi connectivity index (χ3v) is 2.97. The molecule has 0 aliphatic heterocycles. The zero-order chi connectivity index (χ0) is 13.7. The zero-order valence-electron chi connectivity index (χ0n) is 10.5. The Morgan fingerprint density at radius 3 is 2.68 bits per heavy atom. The first-order valence-corrected chi connectivity index (χ1v) is 6.31.